The van der Waals surface area contributed by atoms with Crippen LogP contribution in [-0.2, 0) is 0 Å². The zero-order valence-corrected chi connectivity index (χ0v) is 15.7. The number of hydrogen-bond acceptors (Lipinski definition) is 3. The standard InChI is InChI=1S/C22H23N3O2/c1-16-6-5-7-18(14-16)25-21(22(26)24-12-3-4-13-24)15-20(23-25)17-8-10-19(27-2)11-9-17/h5-11,14-15H,3-4,12-13H2,1-2H3. The van der Waals surface area contributed by atoms with Gasteiger partial charge in [-0.2, -0.15) is 5.10 Å². The van der Waals surface area contributed by atoms with Crippen LogP contribution in [0.15, 0.2) is 54.6 Å². The van der Waals surface area contributed by atoms with Crippen LogP contribution in [-0.4, -0.2) is 40.8 Å². The number of carbonyl (C=O) groups excluding carboxylic acids is 1. The molecule has 0 spiro atoms. The molecule has 0 radical (unpaired) electrons. The largest absolute Gasteiger partial charge is 0.497 e. The van der Waals surface area contributed by atoms with Crippen molar-refractivity contribution in [2.24, 2.45) is 0 Å². The van der Waals surface area contributed by atoms with Crippen molar-refractivity contribution in [2.75, 3.05) is 20.2 Å². The summed E-state index contributed by atoms with van der Waals surface area (Å²) in [7, 11) is 1.65. The molecule has 1 amide bonds. The molecule has 0 atom stereocenters. The van der Waals surface area contributed by atoms with Crippen LogP contribution in [0.2, 0.25) is 0 Å². The van der Waals surface area contributed by atoms with E-state index in [1.807, 2.05) is 66.4 Å². The summed E-state index contributed by atoms with van der Waals surface area (Å²) in [4.78, 5) is 15.0. The molecule has 1 aliphatic rings. The number of amides is 1. The highest BCUT2D eigenvalue weighted by Gasteiger charge is 2.25. The first kappa shape index (κ1) is 17.3. The van der Waals surface area contributed by atoms with E-state index in [2.05, 4.69) is 0 Å². The summed E-state index contributed by atoms with van der Waals surface area (Å²) in [5.41, 5.74) is 4.37. The highest BCUT2D eigenvalue weighted by Crippen LogP contribution is 2.25. The number of aryl methyl sites for hydroxylation is 1. The Morgan fingerprint density at radius 2 is 1.78 bits per heavy atom. The highest BCUT2D eigenvalue weighted by atomic mass is 16.5. The third kappa shape index (κ3) is 3.45. The Hall–Kier alpha value is -3.08. The molecule has 5 heteroatoms. The minimum atomic E-state index is 0.0428. The van der Waals surface area contributed by atoms with Gasteiger partial charge in [-0.1, -0.05) is 12.1 Å². The molecule has 5 nitrogen and oxygen atoms in total. The Labute approximate surface area is 159 Å². The van der Waals surface area contributed by atoms with E-state index in [4.69, 9.17) is 9.84 Å². The lowest BCUT2D eigenvalue weighted by molar-refractivity contribution is 0.0784. The summed E-state index contributed by atoms with van der Waals surface area (Å²) < 4.78 is 7.01. The van der Waals surface area contributed by atoms with Crippen LogP contribution in [0.4, 0.5) is 0 Å². The lowest BCUT2D eigenvalue weighted by atomic mass is 10.1. The first-order valence-corrected chi connectivity index (χ1v) is 9.26. The van der Waals surface area contributed by atoms with Crippen molar-refractivity contribution in [1.82, 2.24) is 14.7 Å². The minimum absolute atomic E-state index is 0.0428. The van der Waals surface area contributed by atoms with Crippen molar-refractivity contribution in [1.29, 1.82) is 0 Å². The molecule has 0 unspecified atom stereocenters. The van der Waals surface area contributed by atoms with Gasteiger partial charge in [-0.3, -0.25) is 4.79 Å². The highest BCUT2D eigenvalue weighted by molar-refractivity contribution is 5.94. The van der Waals surface area contributed by atoms with Gasteiger partial charge in [0.15, 0.2) is 0 Å². The lowest BCUT2D eigenvalue weighted by Crippen LogP contribution is -2.29. The maximum Gasteiger partial charge on any atom is 0.272 e. The maximum atomic E-state index is 13.1. The van der Waals surface area contributed by atoms with Crippen LogP contribution >= 0.6 is 0 Å². The number of hydrogen-bond donors (Lipinski definition) is 0. The molecule has 1 fully saturated rings. The number of likely N-dealkylation sites (tertiary alicyclic amines) is 1. The number of aromatic nitrogens is 2. The molecular formula is C22H23N3O2. The molecule has 0 aliphatic carbocycles. The maximum absolute atomic E-state index is 13.1. The quantitative estimate of drug-likeness (QED) is 0.703. The van der Waals surface area contributed by atoms with E-state index in [-0.39, 0.29) is 5.91 Å². The van der Waals surface area contributed by atoms with Crippen LogP contribution in [0.3, 0.4) is 0 Å². The summed E-state index contributed by atoms with van der Waals surface area (Å²) in [6.45, 7) is 3.67. The van der Waals surface area contributed by atoms with Gasteiger partial charge >= 0.3 is 0 Å². The van der Waals surface area contributed by atoms with Crippen LogP contribution in [0.25, 0.3) is 16.9 Å². The molecule has 0 bridgehead atoms. The van der Waals surface area contributed by atoms with Crippen molar-refractivity contribution in [3.05, 3.63) is 65.9 Å². The Balaban J connectivity index is 1.79. The van der Waals surface area contributed by atoms with Gasteiger partial charge in [0.25, 0.3) is 5.91 Å². The van der Waals surface area contributed by atoms with E-state index in [1.165, 1.54) is 0 Å². The van der Waals surface area contributed by atoms with E-state index in [0.717, 1.165) is 54.2 Å². The second kappa shape index (κ2) is 7.27. The molecule has 1 aromatic heterocycles. The van der Waals surface area contributed by atoms with Gasteiger partial charge in [-0.25, -0.2) is 4.68 Å². The van der Waals surface area contributed by atoms with Crippen molar-refractivity contribution < 1.29 is 9.53 Å². The van der Waals surface area contributed by atoms with Crippen LogP contribution in [0, 0.1) is 6.92 Å². The zero-order valence-electron chi connectivity index (χ0n) is 15.7. The first-order chi connectivity index (χ1) is 13.2. The molecule has 1 saturated heterocycles. The molecule has 138 valence electrons. The lowest BCUT2D eigenvalue weighted by Gasteiger charge is -2.16. The first-order valence-electron chi connectivity index (χ1n) is 9.26. The van der Waals surface area contributed by atoms with Gasteiger partial charge in [-0.05, 0) is 67.8 Å². The molecule has 27 heavy (non-hydrogen) atoms. The van der Waals surface area contributed by atoms with E-state index in [0.29, 0.717) is 5.69 Å². The number of benzene rings is 2. The fourth-order valence-corrected chi connectivity index (χ4v) is 3.48. The average Bonchev–Trinajstić information content (AvgIpc) is 3.38. The van der Waals surface area contributed by atoms with Gasteiger partial charge in [0.1, 0.15) is 11.4 Å². The number of ether oxygens (including phenoxy) is 1. The summed E-state index contributed by atoms with van der Waals surface area (Å²) in [6, 6.07) is 17.7. The molecular weight excluding hydrogens is 338 g/mol. The number of methoxy groups -OCH3 is 1. The number of nitrogens with zero attached hydrogens (tertiary/aromatic N) is 3. The Kier molecular flexibility index (Phi) is 4.67. The Bertz CT molecular complexity index is 954. The minimum Gasteiger partial charge on any atom is -0.497 e. The molecule has 3 aromatic rings. The Morgan fingerprint density at radius 1 is 1.04 bits per heavy atom. The van der Waals surface area contributed by atoms with E-state index >= 15 is 0 Å². The zero-order chi connectivity index (χ0) is 18.8. The molecule has 1 aliphatic heterocycles. The second-order valence-corrected chi connectivity index (χ2v) is 6.89. The van der Waals surface area contributed by atoms with Gasteiger partial charge in [-0.15, -0.1) is 0 Å². The van der Waals surface area contributed by atoms with Crippen LogP contribution in [0.1, 0.15) is 28.9 Å². The fraction of sp³-hybridized carbons (Fsp3) is 0.273. The number of carbonyl (C=O) groups is 1. The average molecular weight is 361 g/mol. The van der Waals surface area contributed by atoms with E-state index < -0.39 is 0 Å². The number of rotatable bonds is 4. The topological polar surface area (TPSA) is 47.4 Å². The molecule has 4 rings (SSSR count). The van der Waals surface area contributed by atoms with Crippen LogP contribution < -0.4 is 4.74 Å². The van der Waals surface area contributed by atoms with Crippen LogP contribution in [0.5, 0.6) is 5.75 Å². The van der Waals surface area contributed by atoms with Gasteiger partial charge < -0.3 is 9.64 Å². The smallest absolute Gasteiger partial charge is 0.272 e. The van der Waals surface area contributed by atoms with Crippen molar-refractivity contribution in [3.8, 4) is 22.7 Å². The molecule has 2 aromatic carbocycles. The Morgan fingerprint density at radius 3 is 2.44 bits per heavy atom. The normalized spacial score (nSPS) is 13.8. The van der Waals surface area contributed by atoms with Crippen molar-refractivity contribution in [3.63, 3.8) is 0 Å². The SMILES string of the molecule is COc1ccc(-c2cc(C(=O)N3CCCC3)n(-c3cccc(C)c3)n2)cc1. The summed E-state index contributed by atoms with van der Waals surface area (Å²) in [5.74, 6) is 0.839. The van der Waals surface area contributed by atoms with Crippen molar-refractivity contribution >= 4 is 5.91 Å². The van der Waals surface area contributed by atoms with E-state index in [9.17, 15) is 4.79 Å². The predicted molar refractivity (Wildman–Crippen MR) is 105 cm³/mol. The fourth-order valence-electron chi connectivity index (χ4n) is 3.48. The predicted octanol–water partition coefficient (Wildman–Crippen LogP) is 4.09. The van der Waals surface area contributed by atoms with Gasteiger partial charge in [0.05, 0.1) is 18.5 Å². The molecule has 0 saturated carbocycles. The summed E-state index contributed by atoms with van der Waals surface area (Å²) >= 11 is 0. The van der Waals surface area contributed by atoms with Gasteiger partial charge in [0, 0.05) is 18.7 Å². The van der Waals surface area contributed by atoms with Gasteiger partial charge in [0.2, 0.25) is 0 Å². The van der Waals surface area contributed by atoms with E-state index in [1.54, 1.807) is 11.8 Å². The van der Waals surface area contributed by atoms with Crippen molar-refractivity contribution in [2.45, 2.75) is 19.8 Å². The summed E-state index contributed by atoms with van der Waals surface area (Å²) in [5, 5.41) is 4.77. The third-order valence-corrected chi connectivity index (χ3v) is 4.95. The monoisotopic (exact) mass is 361 g/mol. The molecule has 2 heterocycles. The second-order valence-electron chi connectivity index (χ2n) is 6.89. The third-order valence-electron chi connectivity index (χ3n) is 4.95. The summed E-state index contributed by atoms with van der Waals surface area (Å²) in [6.07, 6.45) is 2.13. The molecule has 0 N–H and O–H groups in total.